The van der Waals surface area contributed by atoms with Gasteiger partial charge in [0.15, 0.2) is 0 Å². The summed E-state index contributed by atoms with van der Waals surface area (Å²) in [5.74, 6) is -3.09. The SMILES string of the molecule is COc1cc(C(=O)O)c(F)cc1NS(=O)(=O)c1ccc(C#N)o1. The first-order valence-electron chi connectivity index (χ1n) is 5.92. The number of ether oxygens (including phenoxy) is 1. The topological polar surface area (TPSA) is 130 Å². The van der Waals surface area contributed by atoms with Gasteiger partial charge in [0, 0.05) is 6.07 Å². The second kappa shape index (κ2) is 5.98. The minimum atomic E-state index is -4.25. The zero-order chi connectivity index (χ0) is 17.2. The molecule has 0 unspecified atom stereocenters. The molecule has 0 aliphatic carbocycles. The number of anilines is 1. The van der Waals surface area contributed by atoms with Gasteiger partial charge in [0.2, 0.25) is 10.9 Å². The van der Waals surface area contributed by atoms with E-state index in [1.54, 1.807) is 6.07 Å². The van der Waals surface area contributed by atoms with Gasteiger partial charge in [0.1, 0.15) is 17.6 Å². The zero-order valence-electron chi connectivity index (χ0n) is 11.5. The van der Waals surface area contributed by atoms with E-state index in [2.05, 4.69) is 0 Å². The second-order valence-corrected chi connectivity index (χ2v) is 5.79. The lowest BCUT2D eigenvalue weighted by Crippen LogP contribution is -2.14. The maximum Gasteiger partial charge on any atom is 0.338 e. The minimum Gasteiger partial charge on any atom is -0.495 e. The number of nitrogens with zero attached hydrogens (tertiary/aromatic N) is 1. The smallest absolute Gasteiger partial charge is 0.338 e. The van der Waals surface area contributed by atoms with E-state index >= 15 is 0 Å². The summed E-state index contributed by atoms with van der Waals surface area (Å²) in [6.07, 6.45) is 0. The maximum atomic E-state index is 13.7. The first kappa shape index (κ1) is 16.3. The number of carboxylic acid groups (broad SMARTS) is 1. The number of nitrogens with one attached hydrogen (secondary N) is 1. The highest BCUT2D eigenvalue weighted by Gasteiger charge is 2.23. The van der Waals surface area contributed by atoms with Crippen molar-refractivity contribution >= 4 is 21.7 Å². The molecule has 2 rings (SSSR count). The number of hydrogen-bond donors (Lipinski definition) is 2. The number of rotatable bonds is 5. The van der Waals surface area contributed by atoms with Crippen LogP contribution in [-0.4, -0.2) is 26.6 Å². The molecule has 0 spiro atoms. The predicted octanol–water partition coefficient (Wildman–Crippen LogP) is 1.80. The molecule has 0 saturated carbocycles. The van der Waals surface area contributed by atoms with Crippen LogP contribution in [0.3, 0.4) is 0 Å². The summed E-state index contributed by atoms with van der Waals surface area (Å²) in [6.45, 7) is 0. The van der Waals surface area contributed by atoms with Gasteiger partial charge in [-0.05, 0) is 18.2 Å². The van der Waals surface area contributed by atoms with Crippen LogP contribution in [0.2, 0.25) is 0 Å². The highest BCUT2D eigenvalue weighted by molar-refractivity contribution is 7.92. The van der Waals surface area contributed by atoms with Crippen LogP contribution in [0.4, 0.5) is 10.1 Å². The molecule has 0 atom stereocenters. The number of hydrogen-bond acceptors (Lipinski definition) is 6. The van der Waals surface area contributed by atoms with Crippen molar-refractivity contribution in [1.29, 1.82) is 5.26 Å². The van der Waals surface area contributed by atoms with Crippen molar-refractivity contribution in [2.75, 3.05) is 11.8 Å². The standard InChI is InChI=1S/C13H9FN2O6S/c1-21-11-4-8(13(17)18)9(14)5-10(11)16-23(19,20)12-3-2-7(6-15)22-12/h2-5,16H,1H3,(H,17,18). The lowest BCUT2D eigenvalue weighted by molar-refractivity contribution is 0.0691. The summed E-state index contributed by atoms with van der Waals surface area (Å²) < 4.78 is 49.6. The number of furan rings is 1. The van der Waals surface area contributed by atoms with E-state index in [0.717, 1.165) is 25.3 Å². The van der Waals surface area contributed by atoms with Gasteiger partial charge in [-0.1, -0.05) is 0 Å². The van der Waals surface area contributed by atoms with Gasteiger partial charge < -0.3 is 14.3 Å². The first-order chi connectivity index (χ1) is 10.8. The van der Waals surface area contributed by atoms with Crippen LogP contribution in [0.5, 0.6) is 5.75 Å². The van der Waals surface area contributed by atoms with E-state index < -0.39 is 32.5 Å². The molecule has 2 aromatic rings. The van der Waals surface area contributed by atoms with Crippen molar-refractivity contribution in [3.63, 3.8) is 0 Å². The average molecular weight is 340 g/mol. The van der Waals surface area contributed by atoms with Crippen LogP contribution in [0.1, 0.15) is 16.1 Å². The molecule has 120 valence electrons. The number of methoxy groups -OCH3 is 1. The number of nitriles is 1. The molecule has 1 aromatic carbocycles. The average Bonchev–Trinajstić information content (AvgIpc) is 2.96. The quantitative estimate of drug-likeness (QED) is 0.848. The van der Waals surface area contributed by atoms with Gasteiger partial charge in [-0.3, -0.25) is 4.72 Å². The van der Waals surface area contributed by atoms with Crippen LogP contribution >= 0.6 is 0 Å². The third-order valence-electron chi connectivity index (χ3n) is 2.72. The monoisotopic (exact) mass is 340 g/mol. The Morgan fingerprint density at radius 3 is 2.65 bits per heavy atom. The number of carbonyl (C=O) groups is 1. The van der Waals surface area contributed by atoms with E-state index in [1.165, 1.54) is 0 Å². The Bertz CT molecular complexity index is 913. The largest absolute Gasteiger partial charge is 0.495 e. The zero-order valence-corrected chi connectivity index (χ0v) is 12.3. The summed E-state index contributed by atoms with van der Waals surface area (Å²) in [7, 11) is -3.08. The fourth-order valence-corrected chi connectivity index (χ4v) is 2.68. The molecule has 8 nitrogen and oxygen atoms in total. The van der Waals surface area contributed by atoms with Crippen LogP contribution < -0.4 is 9.46 Å². The summed E-state index contributed by atoms with van der Waals surface area (Å²) in [5, 5.41) is 16.9. The summed E-state index contributed by atoms with van der Waals surface area (Å²) in [4.78, 5) is 10.9. The lowest BCUT2D eigenvalue weighted by atomic mass is 10.2. The Morgan fingerprint density at radius 2 is 2.13 bits per heavy atom. The van der Waals surface area contributed by atoms with Gasteiger partial charge in [-0.25, -0.2) is 9.18 Å². The molecular weight excluding hydrogens is 331 g/mol. The van der Waals surface area contributed by atoms with Gasteiger partial charge in [-0.15, -0.1) is 0 Å². The highest BCUT2D eigenvalue weighted by Crippen LogP contribution is 2.30. The van der Waals surface area contributed by atoms with Crippen molar-refractivity contribution in [3.05, 3.63) is 41.4 Å². The van der Waals surface area contributed by atoms with Crippen LogP contribution in [0.25, 0.3) is 0 Å². The van der Waals surface area contributed by atoms with Crippen molar-refractivity contribution < 1.29 is 31.9 Å². The second-order valence-electron chi connectivity index (χ2n) is 4.17. The van der Waals surface area contributed by atoms with Crippen LogP contribution in [0.15, 0.2) is 33.8 Å². The molecule has 0 aliphatic rings. The Kier molecular flexibility index (Phi) is 4.24. The molecule has 1 heterocycles. The number of aromatic carboxylic acids is 1. The van der Waals surface area contributed by atoms with Gasteiger partial charge in [-0.2, -0.15) is 13.7 Å². The van der Waals surface area contributed by atoms with Gasteiger partial charge >= 0.3 is 5.97 Å². The first-order valence-corrected chi connectivity index (χ1v) is 7.40. The molecule has 0 fully saturated rings. The molecule has 23 heavy (non-hydrogen) atoms. The van der Waals surface area contributed by atoms with Crippen molar-refractivity contribution in [2.24, 2.45) is 0 Å². The summed E-state index contributed by atoms with van der Waals surface area (Å²) in [5.41, 5.74) is -0.987. The number of carboxylic acids is 1. The van der Waals surface area contributed by atoms with E-state index in [-0.39, 0.29) is 17.2 Å². The van der Waals surface area contributed by atoms with Gasteiger partial charge in [0.05, 0.1) is 18.4 Å². The molecule has 0 bridgehead atoms. The van der Waals surface area contributed by atoms with Crippen LogP contribution in [-0.2, 0) is 10.0 Å². The van der Waals surface area contributed by atoms with E-state index in [0.29, 0.717) is 6.07 Å². The summed E-state index contributed by atoms with van der Waals surface area (Å²) >= 11 is 0. The van der Waals surface area contributed by atoms with E-state index in [4.69, 9.17) is 19.5 Å². The molecular formula is C13H9FN2O6S. The molecule has 0 aliphatic heterocycles. The molecule has 0 amide bonds. The lowest BCUT2D eigenvalue weighted by Gasteiger charge is -2.12. The number of halogens is 1. The minimum absolute atomic E-state index is 0.195. The van der Waals surface area contributed by atoms with Gasteiger partial charge in [0.25, 0.3) is 10.0 Å². The highest BCUT2D eigenvalue weighted by atomic mass is 32.2. The normalized spacial score (nSPS) is 10.8. The molecule has 0 radical (unpaired) electrons. The van der Waals surface area contributed by atoms with E-state index in [9.17, 15) is 17.6 Å². The fraction of sp³-hybridized carbons (Fsp3) is 0.0769. The Labute approximate surface area is 129 Å². The molecule has 2 N–H and O–H groups in total. The third-order valence-corrected chi connectivity index (χ3v) is 3.96. The third kappa shape index (κ3) is 3.24. The van der Waals surface area contributed by atoms with Crippen LogP contribution in [0, 0.1) is 17.1 Å². The van der Waals surface area contributed by atoms with Crippen molar-refractivity contribution in [1.82, 2.24) is 0 Å². The number of benzene rings is 1. The maximum absolute atomic E-state index is 13.7. The molecule has 0 saturated heterocycles. The Morgan fingerprint density at radius 1 is 1.43 bits per heavy atom. The predicted molar refractivity (Wildman–Crippen MR) is 74.1 cm³/mol. The molecule has 1 aromatic heterocycles. The number of sulfonamides is 1. The molecule has 10 heteroatoms. The van der Waals surface area contributed by atoms with Crippen molar-refractivity contribution in [2.45, 2.75) is 5.09 Å². The summed E-state index contributed by atoms with van der Waals surface area (Å²) in [6, 6.07) is 5.35. The Hall–Kier alpha value is -3.06. The Balaban J connectivity index is 2.45. The fourth-order valence-electron chi connectivity index (χ4n) is 1.69. The van der Waals surface area contributed by atoms with Crippen molar-refractivity contribution in [3.8, 4) is 11.8 Å². The van der Waals surface area contributed by atoms with E-state index in [1.807, 2.05) is 4.72 Å².